The lowest BCUT2D eigenvalue weighted by Crippen LogP contribution is -2.19. The van der Waals surface area contributed by atoms with Crippen molar-refractivity contribution in [1.29, 1.82) is 5.26 Å². The van der Waals surface area contributed by atoms with E-state index in [4.69, 9.17) is 14.9 Å². The second-order valence-corrected chi connectivity index (χ2v) is 6.93. The first-order chi connectivity index (χ1) is 15.0. The fourth-order valence-electron chi connectivity index (χ4n) is 3.69. The Morgan fingerprint density at radius 2 is 1.94 bits per heavy atom. The summed E-state index contributed by atoms with van der Waals surface area (Å²) in [5, 5.41) is 12.5. The zero-order valence-electron chi connectivity index (χ0n) is 16.6. The highest BCUT2D eigenvalue weighted by molar-refractivity contribution is 5.88. The van der Waals surface area contributed by atoms with Gasteiger partial charge in [-0.15, -0.1) is 0 Å². The Morgan fingerprint density at radius 3 is 2.65 bits per heavy atom. The predicted molar refractivity (Wildman–Crippen MR) is 115 cm³/mol. The molecule has 9 nitrogen and oxygen atoms in total. The normalized spacial score (nSPS) is 11.1. The lowest BCUT2D eigenvalue weighted by molar-refractivity contribution is 0.421. The molecular weight excluding hydrogens is 396 g/mol. The Morgan fingerprint density at radius 1 is 1.16 bits per heavy atom. The highest BCUT2D eigenvalue weighted by Crippen LogP contribution is 2.34. The van der Waals surface area contributed by atoms with Crippen molar-refractivity contribution in [3.05, 3.63) is 64.2 Å². The van der Waals surface area contributed by atoms with Crippen molar-refractivity contribution in [3.63, 3.8) is 0 Å². The van der Waals surface area contributed by atoms with Crippen LogP contribution in [0.25, 0.3) is 39.3 Å². The fraction of sp³-hybridized carbons (Fsp3) is 0.0909. The first kappa shape index (κ1) is 18.4. The highest BCUT2D eigenvalue weighted by atomic mass is 16.5. The van der Waals surface area contributed by atoms with Crippen molar-refractivity contribution in [2.24, 2.45) is 0 Å². The van der Waals surface area contributed by atoms with Gasteiger partial charge in [-0.3, -0.25) is 9.89 Å². The summed E-state index contributed by atoms with van der Waals surface area (Å²) in [7, 11) is 1.49. The molecule has 31 heavy (non-hydrogen) atoms. The zero-order valence-corrected chi connectivity index (χ0v) is 16.6. The van der Waals surface area contributed by atoms with Gasteiger partial charge in [0.2, 0.25) is 5.89 Å². The number of aromatic amines is 1. The van der Waals surface area contributed by atoms with Crippen molar-refractivity contribution in [1.82, 2.24) is 19.6 Å². The van der Waals surface area contributed by atoms with Crippen LogP contribution in [-0.4, -0.2) is 26.7 Å². The van der Waals surface area contributed by atoms with Crippen LogP contribution in [0.4, 0.5) is 5.69 Å². The van der Waals surface area contributed by atoms with E-state index in [0.717, 1.165) is 5.56 Å². The number of rotatable bonds is 3. The van der Waals surface area contributed by atoms with Gasteiger partial charge in [-0.05, 0) is 24.6 Å². The van der Waals surface area contributed by atoms with E-state index in [1.54, 1.807) is 19.1 Å². The van der Waals surface area contributed by atoms with Crippen LogP contribution in [-0.2, 0) is 0 Å². The topological polar surface area (TPSA) is 135 Å². The van der Waals surface area contributed by atoms with Gasteiger partial charge < -0.3 is 14.9 Å². The van der Waals surface area contributed by atoms with E-state index >= 15 is 0 Å². The van der Waals surface area contributed by atoms with Crippen molar-refractivity contribution in [3.8, 4) is 34.4 Å². The summed E-state index contributed by atoms with van der Waals surface area (Å²) in [5.41, 5.74) is 9.29. The molecule has 2 aromatic carbocycles. The highest BCUT2D eigenvalue weighted by Gasteiger charge is 2.24. The maximum Gasteiger partial charge on any atom is 0.285 e. The molecule has 0 unspecified atom stereocenters. The minimum absolute atomic E-state index is 0.0951. The number of anilines is 1. The zero-order chi connectivity index (χ0) is 21.7. The number of nitrogen functional groups attached to an aromatic ring is 1. The van der Waals surface area contributed by atoms with Gasteiger partial charge in [-0.25, -0.2) is 9.97 Å². The van der Waals surface area contributed by atoms with Crippen molar-refractivity contribution >= 4 is 22.4 Å². The molecule has 3 aromatic heterocycles. The number of hydrogen-bond acceptors (Lipinski definition) is 7. The van der Waals surface area contributed by atoms with Crippen LogP contribution < -0.4 is 16.0 Å². The van der Waals surface area contributed by atoms with Crippen LogP contribution in [0.2, 0.25) is 0 Å². The number of nitriles is 1. The molecule has 0 aliphatic carbocycles. The lowest BCUT2D eigenvalue weighted by atomic mass is 10.1. The van der Waals surface area contributed by atoms with Crippen LogP contribution in [0.3, 0.4) is 0 Å². The van der Waals surface area contributed by atoms with Gasteiger partial charge in [0, 0.05) is 0 Å². The summed E-state index contributed by atoms with van der Waals surface area (Å²) in [6.07, 6.45) is 0. The molecule has 0 aliphatic heterocycles. The third-order valence-corrected chi connectivity index (χ3v) is 5.10. The molecule has 5 rings (SSSR count). The molecule has 3 N–H and O–H groups in total. The SMILES string of the molecule is COc1c(N)ccc2oc(-c3c(C)nc4c(-c5ccccc5)c(C#N)[nH]n4c3=O)nc12. The van der Waals surface area contributed by atoms with Crippen LogP contribution in [0.15, 0.2) is 51.7 Å². The molecule has 0 bridgehead atoms. The second kappa shape index (κ2) is 6.74. The van der Waals surface area contributed by atoms with E-state index in [9.17, 15) is 10.1 Å². The van der Waals surface area contributed by atoms with Crippen molar-refractivity contribution in [2.75, 3.05) is 12.8 Å². The summed E-state index contributed by atoms with van der Waals surface area (Å²) in [5.74, 6) is 0.468. The molecule has 3 heterocycles. The summed E-state index contributed by atoms with van der Waals surface area (Å²) < 4.78 is 12.4. The molecule has 5 aromatic rings. The van der Waals surface area contributed by atoms with E-state index in [2.05, 4.69) is 21.1 Å². The predicted octanol–water partition coefficient (Wildman–Crippen LogP) is 3.27. The number of hydrogen-bond donors (Lipinski definition) is 2. The number of nitrogens with zero attached hydrogens (tertiary/aromatic N) is 4. The minimum atomic E-state index is -0.431. The van der Waals surface area contributed by atoms with Crippen LogP contribution in [0.1, 0.15) is 11.4 Å². The molecular formula is C22H16N6O3. The van der Waals surface area contributed by atoms with Crippen LogP contribution in [0, 0.1) is 18.3 Å². The molecule has 0 radical (unpaired) electrons. The summed E-state index contributed by atoms with van der Waals surface area (Å²) in [6, 6.07) is 14.7. The molecule has 0 saturated carbocycles. The molecule has 0 saturated heterocycles. The Labute approximate surface area is 175 Å². The third-order valence-electron chi connectivity index (χ3n) is 5.10. The van der Waals surface area contributed by atoms with E-state index in [-0.39, 0.29) is 17.1 Å². The number of ether oxygens (including phenoxy) is 1. The maximum atomic E-state index is 13.4. The summed E-state index contributed by atoms with van der Waals surface area (Å²) in [6.45, 7) is 1.70. The Bertz CT molecular complexity index is 1570. The van der Waals surface area contributed by atoms with Crippen molar-refractivity contribution in [2.45, 2.75) is 6.92 Å². The first-order valence-corrected chi connectivity index (χ1v) is 9.37. The number of oxazole rings is 1. The first-order valence-electron chi connectivity index (χ1n) is 9.37. The number of benzene rings is 2. The van der Waals surface area contributed by atoms with Gasteiger partial charge in [-0.1, -0.05) is 30.3 Å². The lowest BCUT2D eigenvalue weighted by Gasteiger charge is -2.03. The molecule has 9 heteroatoms. The monoisotopic (exact) mass is 412 g/mol. The van der Waals surface area contributed by atoms with E-state index in [1.165, 1.54) is 11.6 Å². The van der Waals surface area contributed by atoms with E-state index in [1.807, 2.05) is 30.3 Å². The number of aryl methyl sites for hydroxylation is 1. The largest absolute Gasteiger partial charge is 0.492 e. The maximum absolute atomic E-state index is 13.4. The minimum Gasteiger partial charge on any atom is -0.492 e. The summed E-state index contributed by atoms with van der Waals surface area (Å²) in [4.78, 5) is 22.4. The molecule has 0 atom stereocenters. The fourth-order valence-corrected chi connectivity index (χ4v) is 3.69. The Balaban J connectivity index is 1.80. The molecule has 0 spiro atoms. The van der Waals surface area contributed by atoms with Crippen molar-refractivity contribution < 1.29 is 9.15 Å². The number of nitrogens with one attached hydrogen (secondary N) is 1. The second-order valence-electron chi connectivity index (χ2n) is 6.93. The van der Waals surface area contributed by atoms with E-state index < -0.39 is 5.56 Å². The Kier molecular flexibility index (Phi) is 4.01. The molecule has 0 amide bonds. The average Bonchev–Trinajstić information content (AvgIpc) is 3.36. The number of nitrogens with two attached hydrogens (primary N) is 1. The van der Waals surface area contributed by atoms with Gasteiger partial charge in [0.15, 0.2) is 22.5 Å². The van der Waals surface area contributed by atoms with Gasteiger partial charge in [0.25, 0.3) is 5.56 Å². The number of fused-ring (bicyclic) bond motifs is 2. The molecule has 0 fully saturated rings. The number of H-pyrrole nitrogens is 1. The van der Waals surface area contributed by atoms with Crippen LogP contribution in [0.5, 0.6) is 5.75 Å². The van der Waals surface area contributed by atoms with E-state index in [0.29, 0.717) is 39.4 Å². The quantitative estimate of drug-likeness (QED) is 0.434. The molecule has 152 valence electrons. The van der Waals surface area contributed by atoms with Crippen LogP contribution >= 0.6 is 0 Å². The smallest absolute Gasteiger partial charge is 0.285 e. The third kappa shape index (κ3) is 2.66. The number of aromatic nitrogens is 4. The van der Waals surface area contributed by atoms with Gasteiger partial charge in [0.1, 0.15) is 17.3 Å². The summed E-state index contributed by atoms with van der Waals surface area (Å²) >= 11 is 0. The molecule has 0 aliphatic rings. The van der Waals surface area contributed by atoms with Gasteiger partial charge in [0.05, 0.1) is 24.1 Å². The Hall–Kier alpha value is -4.58. The standard InChI is InChI=1S/C22H16N6O3/c1-11-16(21-26-18-15(31-21)9-8-13(24)19(18)30-2)22(29)28-20(25-11)17(14(10-23)27-28)12-6-4-3-5-7-12/h3-9,27H,24H2,1-2H3. The van der Waals surface area contributed by atoms with Gasteiger partial charge >= 0.3 is 0 Å². The number of methoxy groups -OCH3 is 1. The van der Waals surface area contributed by atoms with Gasteiger partial charge in [-0.2, -0.15) is 9.78 Å². The average molecular weight is 412 g/mol.